The number of nitrogens with zero attached hydrogens (tertiary/aromatic N) is 1. The fraction of sp³-hybridized carbons (Fsp3) is 0.692. The molecule has 0 bridgehead atoms. The highest BCUT2D eigenvalue weighted by Crippen LogP contribution is 2.31. The van der Waals surface area contributed by atoms with Crippen molar-refractivity contribution in [2.24, 2.45) is 0 Å². The van der Waals surface area contributed by atoms with E-state index in [0.717, 1.165) is 0 Å². The minimum Gasteiger partial charge on any atom is -0.309 e. The molecule has 17 heavy (non-hydrogen) atoms. The average molecular weight is 235 g/mol. The lowest BCUT2D eigenvalue weighted by atomic mass is 9.97. The van der Waals surface area contributed by atoms with Gasteiger partial charge in [-0.15, -0.1) is 0 Å². The van der Waals surface area contributed by atoms with Crippen LogP contribution in [0.2, 0.25) is 0 Å². The van der Waals surface area contributed by atoms with E-state index in [1.807, 2.05) is 13.0 Å². The maximum Gasteiger partial charge on any atom is 0.225 e. The van der Waals surface area contributed by atoms with Crippen LogP contribution in [0.5, 0.6) is 0 Å². The molecule has 4 heteroatoms. The Morgan fingerprint density at radius 2 is 2.12 bits per heavy atom. The second kappa shape index (κ2) is 5.84. The number of nitrogens with one attached hydrogen (secondary N) is 2. The van der Waals surface area contributed by atoms with Crippen molar-refractivity contribution in [2.45, 2.75) is 57.8 Å². The molecule has 94 valence electrons. The Morgan fingerprint density at radius 1 is 1.41 bits per heavy atom. The minimum absolute atomic E-state index is 0.0175. The lowest BCUT2D eigenvalue weighted by Gasteiger charge is -2.10. The Kier molecular flexibility index (Phi) is 4.18. The summed E-state index contributed by atoms with van der Waals surface area (Å²) in [7, 11) is 0. The molecule has 0 unspecified atom stereocenters. The molecule has 4 nitrogen and oxygen atoms in total. The summed E-state index contributed by atoms with van der Waals surface area (Å²) in [6.45, 7) is 1.84. The Balaban J connectivity index is 1.98. The maximum atomic E-state index is 11.3. The van der Waals surface area contributed by atoms with E-state index in [1.54, 1.807) is 0 Å². The van der Waals surface area contributed by atoms with Gasteiger partial charge in [-0.05, 0) is 12.8 Å². The van der Waals surface area contributed by atoms with Crippen molar-refractivity contribution in [1.29, 1.82) is 0 Å². The highest BCUT2D eigenvalue weighted by molar-refractivity contribution is 5.89. The topological polar surface area (TPSA) is 57.8 Å². The Labute approximate surface area is 102 Å². The number of anilines is 1. The molecular formula is C13H21N3O. The van der Waals surface area contributed by atoms with Crippen LogP contribution in [0, 0.1) is 0 Å². The van der Waals surface area contributed by atoms with Gasteiger partial charge in [-0.2, -0.15) is 5.10 Å². The normalized spacial score (nSPS) is 17.7. The number of amides is 1. The van der Waals surface area contributed by atoms with Crippen LogP contribution >= 0.6 is 0 Å². The number of carbonyl (C=O) groups excluding carboxylic acids is 1. The predicted octanol–water partition coefficient (Wildman–Crippen LogP) is 3.20. The highest BCUT2D eigenvalue weighted by Gasteiger charge is 2.16. The molecular weight excluding hydrogens is 214 g/mol. The molecule has 1 aromatic heterocycles. The number of aromatic nitrogens is 2. The molecule has 1 saturated carbocycles. The molecule has 0 aromatic carbocycles. The van der Waals surface area contributed by atoms with Crippen molar-refractivity contribution in [1.82, 2.24) is 10.2 Å². The summed E-state index contributed by atoms with van der Waals surface area (Å²) in [5, 5.41) is 10.0. The Bertz CT molecular complexity index is 364. The van der Waals surface area contributed by atoms with Crippen molar-refractivity contribution in [3.63, 3.8) is 0 Å². The van der Waals surface area contributed by atoms with Crippen molar-refractivity contribution >= 4 is 11.7 Å². The fourth-order valence-electron chi connectivity index (χ4n) is 2.43. The Morgan fingerprint density at radius 3 is 2.76 bits per heavy atom. The van der Waals surface area contributed by atoms with E-state index in [0.29, 0.717) is 18.2 Å². The fourth-order valence-corrected chi connectivity index (χ4v) is 2.43. The van der Waals surface area contributed by atoms with Crippen molar-refractivity contribution < 1.29 is 4.79 Å². The molecule has 2 N–H and O–H groups in total. The number of carbonyl (C=O) groups is 1. The van der Waals surface area contributed by atoms with Gasteiger partial charge in [-0.1, -0.05) is 32.6 Å². The van der Waals surface area contributed by atoms with Crippen molar-refractivity contribution in [3.05, 3.63) is 11.8 Å². The van der Waals surface area contributed by atoms with Gasteiger partial charge in [-0.3, -0.25) is 9.89 Å². The van der Waals surface area contributed by atoms with Gasteiger partial charge in [0.2, 0.25) is 5.91 Å². The van der Waals surface area contributed by atoms with Gasteiger partial charge >= 0.3 is 0 Å². The zero-order valence-corrected chi connectivity index (χ0v) is 10.5. The van der Waals surface area contributed by atoms with Gasteiger partial charge in [0.05, 0.1) is 0 Å². The highest BCUT2D eigenvalue weighted by atomic mass is 16.1. The first-order valence-electron chi connectivity index (χ1n) is 6.64. The first-order valence-corrected chi connectivity index (χ1v) is 6.64. The smallest absolute Gasteiger partial charge is 0.225 e. The van der Waals surface area contributed by atoms with Crippen LogP contribution in [0.1, 0.15) is 63.5 Å². The van der Waals surface area contributed by atoms with Crippen LogP contribution in [-0.2, 0) is 4.79 Å². The predicted molar refractivity (Wildman–Crippen MR) is 68.0 cm³/mol. The second-order valence-electron chi connectivity index (χ2n) is 4.80. The molecule has 0 atom stereocenters. The van der Waals surface area contributed by atoms with E-state index in [9.17, 15) is 4.79 Å². The average Bonchev–Trinajstić information content (AvgIpc) is 2.63. The largest absolute Gasteiger partial charge is 0.309 e. The zero-order chi connectivity index (χ0) is 12.1. The third-order valence-corrected chi connectivity index (χ3v) is 3.48. The van der Waals surface area contributed by atoms with Crippen molar-refractivity contribution in [3.8, 4) is 0 Å². The SMILES string of the molecule is CCC(=O)Nc1cc(C2CCCCCC2)[nH]n1. The van der Waals surface area contributed by atoms with Gasteiger partial charge in [0.15, 0.2) is 5.82 Å². The lowest BCUT2D eigenvalue weighted by Crippen LogP contribution is -2.09. The molecule has 0 aliphatic heterocycles. The lowest BCUT2D eigenvalue weighted by molar-refractivity contribution is -0.115. The molecule has 2 rings (SSSR count). The standard InChI is InChI=1S/C13H21N3O/c1-2-13(17)14-12-9-11(15-16-12)10-7-5-3-4-6-8-10/h9-10H,2-8H2,1H3,(H2,14,15,16,17). The quantitative estimate of drug-likeness (QED) is 0.790. The summed E-state index contributed by atoms with van der Waals surface area (Å²) in [4.78, 5) is 11.3. The van der Waals surface area contributed by atoms with Gasteiger partial charge in [0, 0.05) is 24.1 Å². The minimum atomic E-state index is 0.0175. The number of hydrogen-bond acceptors (Lipinski definition) is 2. The Hall–Kier alpha value is -1.32. The first kappa shape index (κ1) is 12.1. The monoisotopic (exact) mass is 235 g/mol. The zero-order valence-electron chi connectivity index (χ0n) is 10.5. The summed E-state index contributed by atoms with van der Waals surface area (Å²) in [6.07, 6.45) is 8.28. The van der Waals surface area contributed by atoms with Gasteiger partial charge in [-0.25, -0.2) is 0 Å². The number of hydrogen-bond donors (Lipinski definition) is 2. The molecule has 1 amide bonds. The van der Waals surface area contributed by atoms with Crippen LogP contribution in [0.4, 0.5) is 5.82 Å². The molecule has 0 spiro atoms. The van der Waals surface area contributed by atoms with E-state index < -0.39 is 0 Å². The molecule has 0 saturated heterocycles. The molecule has 1 aliphatic carbocycles. The van der Waals surface area contributed by atoms with Crippen molar-refractivity contribution in [2.75, 3.05) is 5.32 Å². The molecule has 1 fully saturated rings. The maximum absolute atomic E-state index is 11.3. The summed E-state index contributed by atoms with van der Waals surface area (Å²) < 4.78 is 0. The van der Waals surface area contributed by atoms with Crippen LogP contribution in [0.3, 0.4) is 0 Å². The number of H-pyrrole nitrogens is 1. The number of aromatic amines is 1. The third-order valence-electron chi connectivity index (χ3n) is 3.48. The summed E-state index contributed by atoms with van der Waals surface area (Å²) >= 11 is 0. The van der Waals surface area contributed by atoms with Crippen LogP contribution in [-0.4, -0.2) is 16.1 Å². The number of rotatable bonds is 3. The van der Waals surface area contributed by atoms with E-state index in [-0.39, 0.29) is 5.91 Å². The molecule has 1 aliphatic rings. The molecule has 1 heterocycles. The summed E-state index contributed by atoms with van der Waals surface area (Å²) in [6, 6.07) is 1.99. The van der Waals surface area contributed by atoms with Gasteiger partial charge < -0.3 is 5.32 Å². The summed E-state index contributed by atoms with van der Waals surface area (Å²) in [5.74, 6) is 1.28. The van der Waals surface area contributed by atoms with Gasteiger partial charge in [0.25, 0.3) is 0 Å². The third kappa shape index (κ3) is 3.32. The van der Waals surface area contributed by atoms with Gasteiger partial charge in [0.1, 0.15) is 0 Å². The van der Waals surface area contributed by atoms with E-state index in [4.69, 9.17) is 0 Å². The van der Waals surface area contributed by atoms with Crippen LogP contribution < -0.4 is 5.32 Å². The molecule has 0 radical (unpaired) electrons. The van der Waals surface area contributed by atoms with E-state index in [1.165, 1.54) is 44.2 Å². The van der Waals surface area contributed by atoms with E-state index >= 15 is 0 Å². The summed E-state index contributed by atoms with van der Waals surface area (Å²) in [5.41, 5.74) is 1.18. The first-order chi connectivity index (χ1) is 8.29. The van der Waals surface area contributed by atoms with Crippen LogP contribution in [0.15, 0.2) is 6.07 Å². The second-order valence-corrected chi connectivity index (χ2v) is 4.80. The molecule has 1 aromatic rings. The van der Waals surface area contributed by atoms with E-state index in [2.05, 4.69) is 15.5 Å². The van der Waals surface area contributed by atoms with Crippen LogP contribution in [0.25, 0.3) is 0 Å².